The third-order valence-corrected chi connectivity index (χ3v) is 2.62. The van der Waals surface area contributed by atoms with E-state index in [0.29, 0.717) is 0 Å². The van der Waals surface area contributed by atoms with Crippen molar-refractivity contribution in [2.45, 2.75) is 12.8 Å². The molecule has 2 rings (SSSR count). The molecule has 0 bridgehead atoms. The van der Waals surface area contributed by atoms with E-state index in [9.17, 15) is 22.4 Å². The number of aliphatic carboxylic acids is 1. The van der Waals surface area contributed by atoms with Crippen LogP contribution in [-0.2, 0) is 11.2 Å². The summed E-state index contributed by atoms with van der Waals surface area (Å²) < 4.78 is 54.9. The molecule has 0 unspecified atom stereocenters. The van der Waals surface area contributed by atoms with Crippen LogP contribution in [0.4, 0.5) is 17.6 Å². The first-order valence-corrected chi connectivity index (χ1v) is 5.97. The molecular formula is C14H9F4NO3. The molecule has 2 aromatic rings. The fourth-order valence-corrected chi connectivity index (χ4v) is 1.82. The number of para-hydroxylation sites is 1. The Hall–Kier alpha value is -2.64. The largest absolute Gasteiger partial charge is 0.573 e. The summed E-state index contributed by atoms with van der Waals surface area (Å²) in [5.41, 5.74) is -0.434. The SMILES string of the molecule is O=C(O)Cc1cnc(-c2ccccc2OC(F)(F)F)c(F)c1. The third-order valence-electron chi connectivity index (χ3n) is 2.62. The van der Waals surface area contributed by atoms with Crippen molar-refractivity contribution < 1.29 is 32.2 Å². The van der Waals surface area contributed by atoms with Crippen molar-refractivity contribution in [3.8, 4) is 17.0 Å². The Morgan fingerprint density at radius 2 is 1.95 bits per heavy atom. The molecule has 0 amide bonds. The summed E-state index contributed by atoms with van der Waals surface area (Å²) in [6.07, 6.45) is -4.27. The molecule has 1 aromatic carbocycles. The molecule has 0 atom stereocenters. The third kappa shape index (κ3) is 3.94. The molecule has 1 heterocycles. The molecule has 8 heteroatoms. The van der Waals surface area contributed by atoms with Crippen LogP contribution in [0.15, 0.2) is 36.5 Å². The van der Waals surface area contributed by atoms with Gasteiger partial charge in [-0.3, -0.25) is 9.78 Å². The van der Waals surface area contributed by atoms with Gasteiger partial charge in [-0.2, -0.15) is 0 Å². The van der Waals surface area contributed by atoms with Crippen molar-refractivity contribution in [2.24, 2.45) is 0 Å². The highest BCUT2D eigenvalue weighted by molar-refractivity contribution is 5.71. The van der Waals surface area contributed by atoms with Crippen LogP contribution >= 0.6 is 0 Å². The van der Waals surface area contributed by atoms with Gasteiger partial charge in [0.1, 0.15) is 17.3 Å². The van der Waals surface area contributed by atoms with Crippen LogP contribution < -0.4 is 4.74 Å². The molecule has 0 aliphatic carbocycles. The Labute approximate surface area is 122 Å². The number of halogens is 4. The van der Waals surface area contributed by atoms with E-state index in [0.717, 1.165) is 18.3 Å². The van der Waals surface area contributed by atoms with Crippen LogP contribution in [0.3, 0.4) is 0 Å². The second-order valence-electron chi connectivity index (χ2n) is 4.29. The zero-order valence-electron chi connectivity index (χ0n) is 10.9. The number of alkyl halides is 3. The topological polar surface area (TPSA) is 59.4 Å². The second kappa shape index (κ2) is 6.00. The minimum atomic E-state index is -4.92. The molecule has 0 aliphatic heterocycles. The summed E-state index contributed by atoms with van der Waals surface area (Å²) in [5.74, 6) is -2.70. The quantitative estimate of drug-likeness (QED) is 0.878. The van der Waals surface area contributed by atoms with E-state index >= 15 is 0 Å². The smallest absolute Gasteiger partial charge is 0.481 e. The fraction of sp³-hybridized carbons (Fsp3) is 0.143. The van der Waals surface area contributed by atoms with E-state index < -0.39 is 30.3 Å². The minimum absolute atomic E-state index is 0.1000. The standard InChI is InChI=1S/C14H9F4NO3/c15-10-5-8(6-12(20)21)7-19-13(10)9-3-1-2-4-11(9)22-14(16,17)18/h1-5,7H,6H2,(H,20,21). The first kappa shape index (κ1) is 15.7. The van der Waals surface area contributed by atoms with Gasteiger partial charge >= 0.3 is 12.3 Å². The van der Waals surface area contributed by atoms with Crippen molar-refractivity contribution in [2.75, 3.05) is 0 Å². The van der Waals surface area contributed by atoms with Crippen LogP contribution in [0.2, 0.25) is 0 Å². The van der Waals surface area contributed by atoms with Crippen LogP contribution in [-0.4, -0.2) is 22.4 Å². The number of hydrogen-bond donors (Lipinski definition) is 1. The van der Waals surface area contributed by atoms with E-state index in [1.165, 1.54) is 18.2 Å². The van der Waals surface area contributed by atoms with Crippen LogP contribution in [0, 0.1) is 5.82 Å². The Morgan fingerprint density at radius 1 is 1.27 bits per heavy atom. The van der Waals surface area contributed by atoms with E-state index in [4.69, 9.17) is 5.11 Å². The van der Waals surface area contributed by atoms with E-state index in [1.54, 1.807) is 0 Å². The summed E-state index contributed by atoms with van der Waals surface area (Å²) in [5, 5.41) is 8.62. The average Bonchev–Trinajstić information content (AvgIpc) is 2.37. The van der Waals surface area contributed by atoms with Gasteiger partial charge in [0, 0.05) is 11.8 Å². The zero-order valence-corrected chi connectivity index (χ0v) is 10.9. The molecule has 22 heavy (non-hydrogen) atoms. The number of carboxylic acid groups (broad SMARTS) is 1. The zero-order chi connectivity index (χ0) is 16.3. The lowest BCUT2D eigenvalue weighted by atomic mass is 10.1. The van der Waals surface area contributed by atoms with Gasteiger partial charge in [0.25, 0.3) is 0 Å². The van der Waals surface area contributed by atoms with Crippen molar-refractivity contribution in [1.82, 2.24) is 4.98 Å². The number of rotatable bonds is 4. The fourth-order valence-electron chi connectivity index (χ4n) is 1.82. The molecule has 4 nitrogen and oxygen atoms in total. The van der Waals surface area contributed by atoms with E-state index in [1.807, 2.05) is 0 Å². The molecule has 0 saturated carbocycles. The predicted molar refractivity (Wildman–Crippen MR) is 67.7 cm³/mol. The van der Waals surface area contributed by atoms with E-state index in [2.05, 4.69) is 9.72 Å². The molecule has 116 valence electrons. The van der Waals surface area contributed by atoms with Gasteiger partial charge in [-0.1, -0.05) is 12.1 Å². The Kier molecular flexibility index (Phi) is 4.30. The number of hydrogen-bond acceptors (Lipinski definition) is 3. The van der Waals surface area contributed by atoms with Gasteiger partial charge in [-0.15, -0.1) is 13.2 Å². The number of aromatic nitrogens is 1. The summed E-state index contributed by atoms with van der Waals surface area (Å²) >= 11 is 0. The summed E-state index contributed by atoms with van der Waals surface area (Å²) in [4.78, 5) is 14.3. The average molecular weight is 315 g/mol. The summed E-state index contributed by atoms with van der Waals surface area (Å²) in [7, 11) is 0. The molecule has 1 N–H and O–H groups in total. The first-order chi connectivity index (χ1) is 10.3. The maximum absolute atomic E-state index is 14.0. The van der Waals surface area contributed by atoms with Gasteiger partial charge < -0.3 is 9.84 Å². The van der Waals surface area contributed by atoms with Gasteiger partial charge in [-0.25, -0.2) is 4.39 Å². The lowest BCUT2D eigenvalue weighted by molar-refractivity contribution is -0.274. The number of benzene rings is 1. The van der Waals surface area contributed by atoms with Crippen LogP contribution in [0.5, 0.6) is 5.75 Å². The highest BCUT2D eigenvalue weighted by Crippen LogP contribution is 2.33. The number of pyridine rings is 1. The number of carbonyl (C=O) groups is 1. The molecule has 0 aliphatic rings. The van der Waals surface area contributed by atoms with Gasteiger partial charge in [0.05, 0.1) is 6.42 Å². The lowest BCUT2D eigenvalue weighted by Crippen LogP contribution is -2.17. The normalized spacial score (nSPS) is 11.3. The maximum Gasteiger partial charge on any atom is 0.573 e. The van der Waals surface area contributed by atoms with Crippen molar-refractivity contribution >= 4 is 5.97 Å². The number of nitrogens with zero attached hydrogens (tertiary/aromatic N) is 1. The van der Waals surface area contributed by atoms with Crippen molar-refractivity contribution in [3.63, 3.8) is 0 Å². The Morgan fingerprint density at radius 3 is 2.55 bits per heavy atom. The summed E-state index contributed by atoms with van der Waals surface area (Å²) in [6, 6.07) is 5.89. The molecular weight excluding hydrogens is 306 g/mol. The van der Waals surface area contributed by atoms with Crippen molar-refractivity contribution in [3.05, 3.63) is 47.9 Å². The molecule has 0 fully saturated rings. The Balaban J connectivity index is 2.42. The number of ether oxygens (including phenoxy) is 1. The first-order valence-electron chi connectivity index (χ1n) is 5.97. The maximum atomic E-state index is 14.0. The van der Waals surface area contributed by atoms with Crippen LogP contribution in [0.25, 0.3) is 11.3 Å². The van der Waals surface area contributed by atoms with Crippen LogP contribution in [0.1, 0.15) is 5.56 Å². The predicted octanol–water partition coefficient (Wildman–Crippen LogP) is 3.41. The van der Waals surface area contributed by atoms with Gasteiger partial charge in [0.15, 0.2) is 0 Å². The monoisotopic (exact) mass is 315 g/mol. The van der Waals surface area contributed by atoms with Crippen molar-refractivity contribution in [1.29, 1.82) is 0 Å². The molecule has 1 aromatic heterocycles. The molecule has 0 spiro atoms. The minimum Gasteiger partial charge on any atom is -0.481 e. The Bertz CT molecular complexity index is 701. The highest BCUT2D eigenvalue weighted by atomic mass is 19.4. The van der Waals surface area contributed by atoms with E-state index in [-0.39, 0.29) is 16.8 Å². The highest BCUT2D eigenvalue weighted by Gasteiger charge is 2.32. The second-order valence-corrected chi connectivity index (χ2v) is 4.29. The molecule has 0 radical (unpaired) electrons. The molecule has 0 saturated heterocycles. The summed E-state index contributed by atoms with van der Waals surface area (Å²) in [6.45, 7) is 0. The van der Waals surface area contributed by atoms with Gasteiger partial charge in [0.2, 0.25) is 0 Å². The number of carboxylic acids is 1. The van der Waals surface area contributed by atoms with Gasteiger partial charge in [-0.05, 0) is 23.8 Å². The lowest BCUT2D eigenvalue weighted by Gasteiger charge is -2.13.